The van der Waals surface area contributed by atoms with E-state index in [1.807, 2.05) is 13.8 Å². The minimum atomic E-state index is -1.06. The summed E-state index contributed by atoms with van der Waals surface area (Å²) in [6.45, 7) is 3.98. The van der Waals surface area contributed by atoms with Crippen LogP contribution in [0.4, 0.5) is 0 Å². The number of methoxy groups -OCH3 is 1. The normalized spacial score (nSPS) is 10.6. The van der Waals surface area contributed by atoms with Crippen LogP contribution in [0.2, 0.25) is 0 Å². The largest absolute Gasteiger partial charge is 0.497 e. The number of carboxylic acids is 1. The molecule has 0 unspecified atom stereocenters. The van der Waals surface area contributed by atoms with Gasteiger partial charge in [-0.2, -0.15) is 5.10 Å². The van der Waals surface area contributed by atoms with Crippen molar-refractivity contribution in [1.82, 2.24) is 9.78 Å². The van der Waals surface area contributed by atoms with Crippen LogP contribution >= 0.6 is 0 Å². The van der Waals surface area contributed by atoms with Crippen LogP contribution in [-0.4, -0.2) is 28.0 Å². The Kier molecular flexibility index (Phi) is 3.93. The summed E-state index contributed by atoms with van der Waals surface area (Å²) in [6, 6.07) is 4.77. The number of benzene rings is 1. The van der Waals surface area contributed by atoms with Crippen LogP contribution in [-0.2, 0) is 0 Å². The van der Waals surface area contributed by atoms with Gasteiger partial charge in [-0.25, -0.2) is 4.79 Å². The zero-order valence-corrected chi connectivity index (χ0v) is 11.5. The van der Waals surface area contributed by atoms with Gasteiger partial charge < -0.3 is 14.6 Å². The summed E-state index contributed by atoms with van der Waals surface area (Å²) in [6.07, 6.45) is 3.26. The van der Waals surface area contributed by atoms with Crippen LogP contribution in [0.3, 0.4) is 0 Å². The van der Waals surface area contributed by atoms with Gasteiger partial charge in [-0.15, -0.1) is 0 Å². The lowest BCUT2D eigenvalue weighted by Crippen LogP contribution is -2.01. The van der Waals surface area contributed by atoms with Crippen LogP contribution in [0.15, 0.2) is 30.6 Å². The number of rotatable bonds is 5. The molecule has 0 saturated heterocycles. The molecule has 2 aromatic rings. The Morgan fingerprint density at radius 3 is 2.65 bits per heavy atom. The minimum Gasteiger partial charge on any atom is -0.497 e. The molecular formula is C14H16N2O4. The third-order valence-electron chi connectivity index (χ3n) is 2.75. The Hall–Kier alpha value is -2.50. The van der Waals surface area contributed by atoms with Crippen LogP contribution in [0.1, 0.15) is 30.2 Å². The van der Waals surface area contributed by atoms with Crippen molar-refractivity contribution in [2.75, 3.05) is 7.11 Å². The summed E-state index contributed by atoms with van der Waals surface area (Å²) < 4.78 is 12.4. The van der Waals surface area contributed by atoms with Crippen LogP contribution in [0, 0.1) is 0 Å². The Balaban J connectivity index is 2.32. The molecule has 20 heavy (non-hydrogen) atoms. The Labute approximate surface area is 116 Å². The van der Waals surface area contributed by atoms with E-state index >= 15 is 0 Å². The highest BCUT2D eigenvalue weighted by Gasteiger charge is 2.14. The van der Waals surface area contributed by atoms with Crippen molar-refractivity contribution < 1.29 is 19.4 Å². The third kappa shape index (κ3) is 2.90. The van der Waals surface area contributed by atoms with Gasteiger partial charge in [0.1, 0.15) is 17.1 Å². The van der Waals surface area contributed by atoms with Crippen molar-refractivity contribution in [2.45, 2.75) is 19.9 Å². The highest BCUT2D eigenvalue weighted by atomic mass is 16.5. The van der Waals surface area contributed by atoms with Gasteiger partial charge in [-0.05, 0) is 26.0 Å². The lowest BCUT2D eigenvalue weighted by molar-refractivity contribution is 0.0694. The molecule has 1 heterocycles. The van der Waals surface area contributed by atoms with Gasteiger partial charge in [0.15, 0.2) is 5.75 Å². The number of aromatic nitrogens is 2. The molecule has 0 fully saturated rings. The minimum absolute atomic E-state index is 0.0723. The van der Waals surface area contributed by atoms with Crippen LogP contribution in [0.25, 0.3) is 0 Å². The zero-order valence-electron chi connectivity index (χ0n) is 11.5. The maximum atomic E-state index is 11.2. The molecule has 6 nitrogen and oxygen atoms in total. The lowest BCUT2D eigenvalue weighted by atomic mass is 10.2. The molecule has 0 aliphatic rings. The lowest BCUT2D eigenvalue weighted by Gasteiger charge is -2.09. The first-order valence-corrected chi connectivity index (χ1v) is 6.14. The van der Waals surface area contributed by atoms with Gasteiger partial charge >= 0.3 is 5.97 Å². The Morgan fingerprint density at radius 1 is 1.35 bits per heavy atom. The SMILES string of the molecule is COc1ccc(C(=O)O)c(Oc2cnn(C(C)C)c2)c1. The van der Waals surface area contributed by atoms with Crippen LogP contribution < -0.4 is 9.47 Å². The van der Waals surface area contributed by atoms with Gasteiger partial charge in [0.2, 0.25) is 0 Å². The molecule has 0 saturated carbocycles. The van der Waals surface area contributed by atoms with Crippen molar-refractivity contribution >= 4 is 5.97 Å². The molecule has 106 valence electrons. The van der Waals surface area contributed by atoms with E-state index < -0.39 is 5.97 Å². The molecule has 0 aliphatic heterocycles. The summed E-state index contributed by atoms with van der Waals surface area (Å²) in [4.78, 5) is 11.2. The average Bonchev–Trinajstić information content (AvgIpc) is 2.87. The molecule has 0 atom stereocenters. The smallest absolute Gasteiger partial charge is 0.339 e. The van der Waals surface area contributed by atoms with Crippen LogP contribution in [0.5, 0.6) is 17.2 Å². The van der Waals surface area contributed by atoms with E-state index in [-0.39, 0.29) is 17.4 Å². The molecule has 6 heteroatoms. The van der Waals surface area contributed by atoms with Crippen molar-refractivity contribution in [1.29, 1.82) is 0 Å². The van der Waals surface area contributed by atoms with E-state index in [9.17, 15) is 4.79 Å². The molecule has 0 aliphatic carbocycles. The predicted octanol–water partition coefficient (Wildman–Crippen LogP) is 2.96. The Morgan fingerprint density at radius 2 is 2.10 bits per heavy atom. The van der Waals surface area contributed by atoms with Gasteiger partial charge in [-0.3, -0.25) is 4.68 Å². The van der Waals surface area contributed by atoms with Gasteiger partial charge in [0, 0.05) is 12.1 Å². The first-order valence-electron chi connectivity index (χ1n) is 6.14. The third-order valence-corrected chi connectivity index (χ3v) is 2.75. The fraction of sp³-hybridized carbons (Fsp3) is 0.286. The summed E-state index contributed by atoms with van der Waals surface area (Å²) in [7, 11) is 1.51. The molecule has 0 radical (unpaired) electrons. The van der Waals surface area contributed by atoms with E-state index in [4.69, 9.17) is 14.6 Å². The highest BCUT2D eigenvalue weighted by molar-refractivity contribution is 5.91. The number of carbonyl (C=O) groups is 1. The second-order valence-electron chi connectivity index (χ2n) is 4.52. The quantitative estimate of drug-likeness (QED) is 0.908. The fourth-order valence-electron chi connectivity index (χ4n) is 1.67. The van der Waals surface area contributed by atoms with E-state index in [2.05, 4.69) is 5.10 Å². The van der Waals surface area contributed by atoms with Gasteiger partial charge in [0.05, 0.1) is 19.5 Å². The first kappa shape index (κ1) is 13.9. The molecule has 0 spiro atoms. The van der Waals surface area contributed by atoms with Crippen molar-refractivity contribution in [3.05, 3.63) is 36.2 Å². The molecular weight excluding hydrogens is 260 g/mol. The summed E-state index contributed by atoms with van der Waals surface area (Å²) >= 11 is 0. The highest BCUT2D eigenvalue weighted by Crippen LogP contribution is 2.29. The topological polar surface area (TPSA) is 73.6 Å². The molecule has 1 aromatic carbocycles. The maximum absolute atomic E-state index is 11.2. The number of nitrogens with zero attached hydrogens (tertiary/aromatic N) is 2. The summed E-state index contributed by atoms with van der Waals surface area (Å²) in [5.74, 6) is 0.176. The summed E-state index contributed by atoms with van der Waals surface area (Å²) in [5.41, 5.74) is 0.0723. The number of carboxylic acid groups (broad SMARTS) is 1. The predicted molar refractivity (Wildman–Crippen MR) is 72.6 cm³/mol. The Bertz CT molecular complexity index is 619. The second-order valence-corrected chi connectivity index (χ2v) is 4.52. The fourth-order valence-corrected chi connectivity index (χ4v) is 1.67. The number of hydrogen-bond acceptors (Lipinski definition) is 4. The molecule has 0 bridgehead atoms. The maximum Gasteiger partial charge on any atom is 0.339 e. The molecule has 0 amide bonds. The second kappa shape index (κ2) is 5.64. The van der Waals surface area contributed by atoms with Gasteiger partial charge in [-0.1, -0.05) is 0 Å². The van der Waals surface area contributed by atoms with E-state index in [0.29, 0.717) is 11.5 Å². The first-order chi connectivity index (χ1) is 9.51. The number of hydrogen-bond donors (Lipinski definition) is 1. The van der Waals surface area contributed by atoms with Crippen molar-refractivity contribution in [3.8, 4) is 17.2 Å². The van der Waals surface area contributed by atoms with Gasteiger partial charge in [0.25, 0.3) is 0 Å². The monoisotopic (exact) mass is 276 g/mol. The standard InChI is InChI=1S/C14H16N2O4/c1-9(2)16-8-11(7-15-16)20-13-6-10(19-3)4-5-12(13)14(17)18/h4-9H,1-3H3,(H,17,18). The molecule has 2 rings (SSSR count). The number of ether oxygens (including phenoxy) is 2. The van der Waals surface area contributed by atoms with Crippen molar-refractivity contribution in [3.63, 3.8) is 0 Å². The molecule has 1 N–H and O–H groups in total. The summed E-state index contributed by atoms with van der Waals surface area (Å²) in [5, 5.41) is 13.3. The van der Waals surface area contributed by atoms with E-state index in [1.54, 1.807) is 23.1 Å². The van der Waals surface area contributed by atoms with E-state index in [0.717, 1.165) is 0 Å². The zero-order chi connectivity index (χ0) is 14.7. The van der Waals surface area contributed by atoms with E-state index in [1.165, 1.54) is 19.2 Å². The average molecular weight is 276 g/mol. The van der Waals surface area contributed by atoms with Crippen molar-refractivity contribution in [2.24, 2.45) is 0 Å². The number of aromatic carboxylic acids is 1. The molecule has 1 aromatic heterocycles.